The molecule has 0 fully saturated rings. The Bertz CT molecular complexity index is 107. The molecular weight excluding hydrogens is 172 g/mol. The van der Waals surface area contributed by atoms with Crippen LogP contribution in [0, 0.1) is 0 Å². The molecule has 0 spiro atoms. The minimum Gasteiger partial charge on any atom is -0.308 e. The molecule has 74 valence electrons. The van der Waals surface area contributed by atoms with Gasteiger partial charge in [-0.15, -0.1) is 11.6 Å². The first-order valence-electron chi connectivity index (χ1n) is 4.56. The normalized spacial score (nSPS) is 14.2. The first-order valence-corrected chi connectivity index (χ1v) is 5.10. The summed E-state index contributed by atoms with van der Waals surface area (Å²) in [6.07, 6.45) is 0. The van der Waals surface area contributed by atoms with Gasteiger partial charge in [0.15, 0.2) is 0 Å². The number of hydrogen-bond donors (Lipinski definition) is 0. The fourth-order valence-electron chi connectivity index (χ4n) is 1.44. The fourth-order valence-corrected chi connectivity index (χ4v) is 1.66. The minimum absolute atomic E-state index is 0.601. The summed E-state index contributed by atoms with van der Waals surface area (Å²) in [5.41, 5.74) is 0. The Morgan fingerprint density at radius 2 is 1.92 bits per heavy atom. The summed E-state index contributed by atoms with van der Waals surface area (Å²) in [6.45, 7) is 7.61. The number of alkyl halides is 1. The smallest absolute Gasteiger partial charge is 0.0351 e. The SMILES string of the molecule is CCN(CCCl)C(C)CN(C)C. The highest BCUT2D eigenvalue weighted by Gasteiger charge is 2.11. The van der Waals surface area contributed by atoms with Crippen LogP contribution in [0.15, 0.2) is 0 Å². The molecule has 0 aliphatic carbocycles. The Labute approximate surface area is 81.5 Å². The van der Waals surface area contributed by atoms with Crippen molar-refractivity contribution < 1.29 is 0 Å². The van der Waals surface area contributed by atoms with Gasteiger partial charge in [-0.1, -0.05) is 6.92 Å². The zero-order chi connectivity index (χ0) is 9.56. The van der Waals surface area contributed by atoms with Crippen molar-refractivity contribution in [2.24, 2.45) is 0 Å². The number of likely N-dealkylation sites (N-methyl/N-ethyl adjacent to an activating group) is 2. The molecule has 3 heteroatoms. The average Bonchev–Trinajstić information content (AvgIpc) is 1.98. The summed E-state index contributed by atoms with van der Waals surface area (Å²) in [7, 11) is 4.20. The second kappa shape index (κ2) is 6.70. The van der Waals surface area contributed by atoms with E-state index < -0.39 is 0 Å². The Hall–Kier alpha value is 0.210. The largest absolute Gasteiger partial charge is 0.308 e. The second-order valence-corrected chi connectivity index (χ2v) is 3.81. The van der Waals surface area contributed by atoms with E-state index in [9.17, 15) is 0 Å². The molecule has 1 atom stereocenters. The van der Waals surface area contributed by atoms with Crippen LogP contribution in [0.25, 0.3) is 0 Å². The topological polar surface area (TPSA) is 6.48 Å². The van der Waals surface area contributed by atoms with E-state index in [0.29, 0.717) is 6.04 Å². The van der Waals surface area contributed by atoms with E-state index in [-0.39, 0.29) is 0 Å². The van der Waals surface area contributed by atoms with E-state index >= 15 is 0 Å². The van der Waals surface area contributed by atoms with Crippen LogP contribution in [-0.4, -0.2) is 55.5 Å². The average molecular weight is 193 g/mol. The molecule has 0 aliphatic heterocycles. The van der Waals surface area contributed by atoms with E-state index in [1.54, 1.807) is 0 Å². The molecule has 0 aromatic heterocycles. The van der Waals surface area contributed by atoms with Gasteiger partial charge < -0.3 is 4.90 Å². The lowest BCUT2D eigenvalue weighted by Crippen LogP contribution is -2.40. The maximum atomic E-state index is 5.70. The first kappa shape index (κ1) is 12.2. The van der Waals surface area contributed by atoms with E-state index in [2.05, 4.69) is 37.7 Å². The van der Waals surface area contributed by atoms with Gasteiger partial charge >= 0.3 is 0 Å². The number of rotatable bonds is 6. The van der Waals surface area contributed by atoms with Gasteiger partial charge in [-0.2, -0.15) is 0 Å². The molecule has 0 rings (SSSR count). The molecule has 0 radical (unpaired) electrons. The number of halogens is 1. The molecular formula is C9H21ClN2. The van der Waals surface area contributed by atoms with E-state index in [0.717, 1.165) is 25.5 Å². The molecule has 0 saturated carbocycles. The Kier molecular flexibility index (Phi) is 6.81. The standard InChI is InChI=1S/C9H21ClN2/c1-5-12(7-6-10)9(2)8-11(3)4/h9H,5-8H2,1-4H3. The summed E-state index contributed by atoms with van der Waals surface area (Å²) in [5.74, 6) is 0.728. The van der Waals surface area contributed by atoms with Crippen molar-refractivity contribution in [1.29, 1.82) is 0 Å². The molecule has 0 N–H and O–H groups in total. The highest BCUT2D eigenvalue weighted by Crippen LogP contribution is 1.99. The quantitative estimate of drug-likeness (QED) is 0.589. The van der Waals surface area contributed by atoms with Gasteiger partial charge in [-0.25, -0.2) is 0 Å². The van der Waals surface area contributed by atoms with Crippen LogP contribution in [0.2, 0.25) is 0 Å². The molecule has 0 saturated heterocycles. The van der Waals surface area contributed by atoms with Crippen LogP contribution >= 0.6 is 11.6 Å². The zero-order valence-corrected chi connectivity index (χ0v) is 9.43. The number of hydrogen-bond acceptors (Lipinski definition) is 2. The lowest BCUT2D eigenvalue weighted by atomic mass is 10.2. The molecule has 0 heterocycles. The summed E-state index contributed by atoms with van der Waals surface area (Å²) < 4.78 is 0. The predicted molar refractivity (Wildman–Crippen MR) is 56.0 cm³/mol. The molecule has 0 aromatic rings. The molecule has 0 bridgehead atoms. The zero-order valence-electron chi connectivity index (χ0n) is 8.68. The molecule has 0 amide bonds. The monoisotopic (exact) mass is 192 g/mol. The summed E-state index contributed by atoms with van der Waals surface area (Å²) in [6, 6.07) is 0.601. The van der Waals surface area contributed by atoms with Crippen LogP contribution in [0.5, 0.6) is 0 Å². The van der Waals surface area contributed by atoms with Gasteiger partial charge in [0.05, 0.1) is 0 Å². The van der Waals surface area contributed by atoms with E-state index in [4.69, 9.17) is 11.6 Å². The van der Waals surface area contributed by atoms with Crippen LogP contribution in [0.3, 0.4) is 0 Å². The molecule has 0 aromatic carbocycles. The Morgan fingerprint density at radius 1 is 1.33 bits per heavy atom. The van der Waals surface area contributed by atoms with Crippen LogP contribution < -0.4 is 0 Å². The maximum Gasteiger partial charge on any atom is 0.0351 e. The third-order valence-electron chi connectivity index (χ3n) is 2.03. The minimum atomic E-state index is 0.601. The summed E-state index contributed by atoms with van der Waals surface area (Å²) >= 11 is 5.70. The van der Waals surface area contributed by atoms with Crippen molar-refractivity contribution in [3.63, 3.8) is 0 Å². The van der Waals surface area contributed by atoms with Crippen LogP contribution in [0.1, 0.15) is 13.8 Å². The van der Waals surface area contributed by atoms with Gasteiger partial charge in [-0.05, 0) is 27.6 Å². The molecule has 1 unspecified atom stereocenters. The number of nitrogens with zero attached hydrogens (tertiary/aromatic N) is 2. The van der Waals surface area contributed by atoms with E-state index in [1.165, 1.54) is 0 Å². The van der Waals surface area contributed by atoms with Crippen molar-refractivity contribution in [1.82, 2.24) is 9.80 Å². The van der Waals surface area contributed by atoms with Crippen LogP contribution in [0.4, 0.5) is 0 Å². The van der Waals surface area contributed by atoms with Crippen LogP contribution in [-0.2, 0) is 0 Å². The highest BCUT2D eigenvalue weighted by atomic mass is 35.5. The first-order chi connectivity index (χ1) is 5.61. The second-order valence-electron chi connectivity index (χ2n) is 3.43. The molecule has 12 heavy (non-hydrogen) atoms. The molecule has 2 nitrogen and oxygen atoms in total. The van der Waals surface area contributed by atoms with Crippen molar-refractivity contribution in [2.45, 2.75) is 19.9 Å². The highest BCUT2D eigenvalue weighted by molar-refractivity contribution is 6.18. The molecule has 0 aliphatic rings. The van der Waals surface area contributed by atoms with Gasteiger partial charge in [-0.3, -0.25) is 4.90 Å². The maximum absolute atomic E-state index is 5.70. The van der Waals surface area contributed by atoms with Gasteiger partial charge in [0.1, 0.15) is 0 Å². The third-order valence-corrected chi connectivity index (χ3v) is 2.20. The third kappa shape index (κ3) is 4.96. The summed E-state index contributed by atoms with van der Waals surface area (Å²) in [4.78, 5) is 4.61. The van der Waals surface area contributed by atoms with Gasteiger partial charge in [0.25, 0.3) is 0 Å². The van der Waals surface area contributed by atoms with Gasteiger partial charge in [0, 0.05) is 25.0 Å². The van der Waals surface area contributed by atoms with Crippen molar-refractivity contribution in [2.75, 3.05) is 39.6 Å². The van der Waals surface area contributed by atoms with E-state index in [1.807, 2.05) is 0 Å². The van der Waals surface area contributed by atoms with Crippen molar-refractivity contribution in [3.8, 4) is 0 Å². The Morgan fingerprint density at radius 3 is 2.25 bits per heavy atom. The summed E-state index contributed by atoms with van der Waals surface area (Å²) in [5, 5.41) is 0. The Balaban J connectivity index is 3.76. The van der Waals surface area contributed by atoms with Crippen molar-refractivity contribution in [3.05, 3.63) is 0 Å². The fraction of sp³-hybridized carbons (Fsp3) is 1.00. The van der Waals surface area contributed by atoms with Crippen molar-refractivity contribution >= 4 is 11.6 Å². The lowest BCUT2D eigenvalue weighted by molar-refractivity contribution is 0.191. The van der Waals surface area contributed by atoms with Gasteiger partial charge in [0.2, 0.25) is 0 Å². The predicted octanol–water partition coefficient (Wildman–Crippen LogP) is 1.50. The lowest BCUT2D eigenvalue weighted by Gasteiger charge is -2.29.